The second kappa shape index (κ2) is 8.76. The van der Waals surface area contributed by atoms with Gasteiger partial charge in [0, 0.05) is 40.5 Å². The largest absolute Gasteiger partial charge is 0.454 e. The first-order valence-corrected chi connectivity index (χ1v) is 12.3. The van der Waals surface area contributed by atoms with E-state index < -0.39 is 5.41 Å². The number of nitrogens with two attached hydrogens (primary N) is 1. The van der Waals surface area contributed by atoms with Crippen molar-refractivity contribution in [3.8, 4) is 22.1 Å². The summed E-state index contributed by atoms with van der Waals surface area (Å²) in [7, 11) is 0. The number of ether oxygens (including phenoxy) is 2. The summed E-state index contributed by atoms with van der Waals surface area (Å²) in [5.41, 5.74) is 7.66. The second-order valence-electron chi connectivity index (χ2n) is 8.62. The highest BCUT2D eigenvalue weighted by Gasteiger charge is 2.24. The van der Waals surface area contributed by atoms with Crippen molar-refractivity contribution in [3.05, 3.63) is 30.0 Å². The minimum absolute atomic E-state index is 0.0258. The summed E-state index contributed by atoms with van der Waals surface area (Å²) in [4.78, 5) is 31.0. The van der Waals surface area contributed by atoms with Gasteiger partial charge >= 0.3 is 0 Å². The molecule has 0 saturated heterocycles. The monoisotopic (exact) mass is 497 g/mol. The average molecular weight is 498 g/mol. The highest BCUT2D eigenvalue weighted by Crippen LogP contribution is 2.45. The van der Waals surface area contributed by atoms with Gasteiger partial charge in [0.2, 0.25) is 12.7 Å². The smallest absolute Gasteiger partial charge is 0.231 e. The molecule has 0 atom stereocenters. The lowest BCUT2D eigenvalue weighted by Gasteiger charge is -2.18. The Hall–Kier alpha value is -3.38. The number of anilines is 1. The zero-order chi connectivity index (χ0) is 23.9. The van der Waals surface area contributed by atoms with Crippen LogP contribution in [0.15, 0.2) is 40.1 Å². The number of thiazole rings is 1. The van der Waals surface area contributed by atoms with Gasteiger partial charge in [-0.05, 0) is 12.1 Å². The first kappa shape index (κ1) is 22.4. The Morgan fingerprint density at radius 3 is 2.76 bits per heavy atom. The molecule has 34 heavy (non-hydrogen) atoms. The van der Waals surface area contributed by atoms with Gasteiger partial charge in [-0.1, -0.05) is 32.5 Å². The number of amides is 1. The number of rotatable bonds is 6. The molecule has 0 bridgehead atoms. The average Bonchev–Trinajstić information content (AvgIpc) is 3.53. The van der Waals surface area contributed by atoms with Crippen molar-refractivity contribution in [1.82, 2.24) is 29.8 Å². The molecule has 0 spiro atoms. The van der Waals surface area contributed by atoms with Crippen LogP contribution in [0.5, 0.6) is 11.5 Å². The number of nitrogens with one attached hydrogen (secondary N) is 1. The maximum atomic E-state index is 12.4. The van der Waals surface area contributed by atoms with Crippen molar-refractivity contribution < 1.29 is 14.3 Å². The Labute approximate surface area is 203 Å². The number of carbonyl (C=O) groups excluding carboxylic acids is 1. The van der Waals surface area contributed by atoms with Gasteiger partial charge in [0.1, 0.15) is 11.3 Å². The van der Waals surface area contributed by atoms with Crippen LogP contribution < -0.4 is 20.5 Å². The van der Waals surface area contributed by atoms with Crippen LogP contribution in [0.25, 0.3) is 21.7 Å². The summed E-state index contributed by atoms with van der Waals surface area (Å²) in [5, 5.41) is 6.44. The van der Waals surface area contributed by atoms with E-state index in [4.69, 9.17) is 20.2 Å². The Morgan fingerprint density at radius 2 is 2.03 bits per heavy atom. The molecule has 0 radical (unpaired) electrons. The van der Waals surface area contributed by atoms with Crippen molar-refractivity contribution in [1.29, 1.82) is 0 Å². The Balaban J connectivity index is 1.53. The van der Waals surface area contributed by atoms with Crippen molar-refractivity contribution in [2.45, 2.75) is 37.4 Å². The van der Waals surface area contributed by atoms with E-state index in [9.17, 15) is 4.79 Å². The number of nitrogens with zero attached hydrogens (tertiary/aromatic N) is 5. The van der Waals surface area contributed by atoms with Gasteiger partial charge in [0.25, 0.3) is 0 Å². The number of carbonyl (C=O) groups is 1. The topological polar surface area (TPSA) is 130 Å². The van der Waals surface area contributed by atoms with E-state index in [0.717, 1.165) is 15.5 Å². The molecule has 10 nitrogen and oxygen atoms in total. The third kappa shape index (κ3) is 4.26. The summed E-state index contributed by atoms with van der Waals surface area (Å²) >= 11 is 2.99. The minimum Gasteiger partial charge on any atom is -0.454 e. The number of imidazole rings is 1. The number of aromatic nitrogens is 5. The van der Waals surface area contributed by atoms with Crippen LogP contribution in [0, 0.1) is 5.41 Å². The maximum absolute atomic E-state index is 12.4. The molecule has 12 heteroatoms. The van der Waals surface area contributed by atoms with Gasteiger partial charge in [-0.25, -0.2) is 19.9 Å². The predicted octanol–water partition coefficient (Wildman–Crippen LogP) is 3.57. The quantitative estimate of drug-likeness (QED) is 0.410. The van der Waals surface area contributed by atoms with Crippen molar-refractivity contribution in [2.75, 3.05) is 19.1 Å². The zero-order valence-electron chi connectivity index (χ0n) is 18.9. The number of hydrogen-bond donors (Lipinski definition) is 2. The molecule has 3 N–H and O–H groups in total. The normalized spacial score (nSPS) is 12.9. The SMILES string of the molecule is CC(C)(C)C(=O)NCCn1c(Sc2cc3c(cc2-c2nccs2)OCO3)nc2c(N)ncnc21. The molecule has 1 aliphatic rings. The van der Waals surface area contributed by atoms with E-state index in [2.05, 4.69) is 20.3 Å². The van der Waals surface area contributed by atoms with Crippen LogP contribution in [-0.4, -0.2) is 43.7 Å². The lowest BCUT2D eigenvalue weighted by atomic mass is 9.96. The molecule has 176 valence electrons. The molecule has 4 aromatic rings. The van der Waals surface area contributed by atoms with Gasteiger partial charge in [-0.3, -0.25) is 4.79 Å². The lowest BCUT2D eigenvalue weighted by molar-refractivity contribution is -0.128. The van der Waals surface area contributed by atoms with Crippen molar-refractivity contribution in [2.24, 2.45) is 5.41 Å². The second-order valence-corrected chi connectivity index (χ2v) is 10.5. The van der Waals surface area contributed by atoms with E-state index in [-0.39, 0.29) is 12.7 Å². The van der Waals surface area contributed by atoms with E-state index in [1.54, 1.807) is 6.20 Å². The van der Waals surface area contributed by atoms with E-state index in [1.807, 2.05) is 42.9 Å². The Kier molecular flexibility index (Phi) is 5.78. The highest BCUT2D eigenvalue weighted by atomic mass is 32.2. The summed E-state index contributed by atoms with van der Waals surface area (Å²) < 4.78 is 13.1. The third-order valence-corrected chi connectivity index (χ3v) is 7.02. The lowest BCUT2D eigenvalue weighted by Crippen LogP contribution is -2.36. The summed E-state index contributed by atoms with van der Waals surface area (Å²) in [5.74, 6) is 1.63. The molecule has 0 fully saturated rings. The zero-order valence-corrected chi connectivity index (χ0v) is 20.5. The van der Waals surface area contributed by atoms with Crippen molar-refractivity contribution >= 4 is 46.0 Å². The fourth-order valence-electron chi connectivity index (χ4n) is 3.39. The minimum atomic E-state index is -0.476. The van der Waals surface area contributed by atoms with Crippen LogP contribution in [0.1, 0.15) is 20.8 Å². The third-order valence-electron chi connectivity index (χ3n) is 5.17. The molecule has 1 aromatic carbocycles. The van der Waals surface area contributed by atoms with Crippen LogP contribution >= 0.6 is 23.1 Å². The standard InChI is InChI=1S/C22H23N7O3S2/c1-22(2,3)20(30)25-4-6-29-18-16(17(23)26-10-27-18)28-21(29)34-15-9-14-13(31-11-32-14)8-12(15)19-24-5-7-33-19/h5,7-10H,4,6,11H2,1-3H3,(H,25,30)(H2,23,26,27). The fourth-order valence-corrected chi connectivity index (χ4v) is 5.18. The predicted molar refractivity (Wildman–Crippen MR) is 130 cm³/mol. The molecular weight excluding hydrogens is 474 g/mol. The van der Waals surface area contributed by atoms with E-state index >= 15 is 0 Å². The van der Waals surface area contributed by atoms with Gasteiger partial charge in [0.05, 0.1) is 0 Å². The van der Waals surface area contributed by atoms with Gasteiger partial charge < -0.3 is 25.1 Å². The molecular formula is C22H23N7O3S2. The highest BCUT2D eigenvalue weighted by molar-refractivity contribution is 7.99. The number of hydrogen-bond acceptors (Lipinski definition) is 10. The molecule has 1 aliphatic heterocycles. The number of fused-ring (bicyclic) bond motifs is 2. The van der Waals surface area contributed by atoms with Gasteiger partial charge in [-0.15, -0.1) is 11.3 Å². The Morgan fingerprint density at radius 1 is 1.24 bits per heavy atom. The molecule has 1 amide bonds. The maximum Gasteiger partial charge on any atom is 0.231 e. The van der Waals surface area contributed by atoms with Crippen LogP contribution in [0.4, 0.5) is 5.82 Å². The van der Waals surface area contributed by atoms with Crippen LogP contribution in [0.2, 0.25) is 0 Å². The first-order valence-electron chi connectivity index (χ1n) is 10.6. The summed E-state index contributed by atoms with van der Waals surface area (Å²) in [6.07, 6.45) is 3.18. The number of benzene rings is 1. The molecule has 5 rings (SSSR count). The van der Waals surface area contributed by atoms with Crippen LogP contribution in [-0.2, 0) is 11.3 Å². The first-order chi connectivity index (χ1) is 16.3. The summed E-state index contributed by atoms with van der Waals surface area (Å²) in [6, 6.07) is 3.87. The fraction of sp³-hybridized carbons (Fsp3) is 0.318. The molecule has 4 heterocycles. The van der Waals surface area contributed by atoms with Gasteiger partial charge in [-0.2, -0.15) is 0 Å². The van der Waals surface area contributed by atoms with Gasteiger partial charge in [0.15, 0.2) is 33.6 Å². The molecule has 0 unspecified atom stereocenters. The van der Waals surface area contributed by atoms with Crippen molar-refractivity contribution in [3.63, 3.8) is 0 Å². The van der Waals surface area contributed by atoms with E-state index in [0.29, 0.717) is 46.7 Å². The molecule has 0 saturated carbocycles. The Bertz CT molecular complexity index is 1360. The van der Waals surface area contributed by atoms with E-state index in [1.165, 1.54) is 29.4 Å². The molecule has 3 aromatic heterocycles. The molecule has 0 aliphatic carbocycles. The summed E-state index contributed by atoms with van der Waals surface area (Å²) in [6.45, 7) is 6.70. The number of nitrogen functional groups attached to an aromatic ring is 1. The van der Waals surface area contributed by atoms with Crippen LogP contribution in [0.3, 0.4) is 0 Å².